The van der Waals surface area contributed by atoms with Gasteiger partial charge in [0.2, 0.25) is 11.8 Å². The van der Waals surface area contributed by atoms with Gasteiger partial charge in [0.1, 0.15) is 18.4 Å². The number of anilines is 1. The van der Waals surface area contributed by atoms with Crippen LogP contribution in [0.4, 0.5) is 10.1 Å². The zero-order valence-corrected chi connectivity index (χ0v) is 24.2. The molecule has 0 radical (unpaired) electrons. The summed E-state index contributed by atoms with van der Waals surface area (Å²) < 4.78 is 42.1. The molecule has 3 aromatic carbocycles. The molecular formula is C29H30Cl2FN3O4S. The highest BCUT2D eigenvalue weighted by Gasteiger charge is 2.34. The van der Waals surface area contributed by atoms with Gasteiger partial charge >= 0.3 is 0 Å². The molecule has 1 N–H and O–H groups in total. The van der Waals surface area contributed by atoms with Crippen molar-refractivity contribution in [3.05, 3.63) is 94.2 Å². The summed E-state index contributed by atoms with van der Waals surface area (Å²) in [6.45, 7) is 0.920. The second-order valence-corrected chi connectivity index (χ2v) is 12.4. The van der Waals surface area contributed by atoms with E-state index in [0.717, 1.165) is 30.0 Å². The summed E-state index contributed by atoms with van der Waals surface area (Å²) in [7, 11) is -4.25. The van der Waals surface area contributed by atoms with E-state index < -0.39 is 34.3 Å². The lowest BCUT2D eigenvalue weighted by Crippen LogP contribution is -2.52. The van der Waals surface area contributed by atoms with Gasteiger partial charge in [-0.25, -0.2) is 12.8 Å². The van der Waals surface area contributed by atoms with E-state index in [1.807, 2.05) is 0 Å². The Hall–Kier alpha value is -3.14. The van der Waals surface area contributed by atoms with Crippen molar-refractivity contribution in [3.8, 4) is 0 Å². The third kappa shape index (κ3) is 7.13. The molecule has 40 heavy (non-hydrogen) atoms. The minimum Gasteiger partial charge on any atom is -0.352 e. The Kier molecular flexibility index (Phi) is 9.71. The summed E-state index contributed by atoms with van der Waals surface area (Å²) >= 11 is 12.5. The van der Waals surface area contributed by atoms with Crippen molar-refractivity contribution in [1.29, 1.82) is 0 Å². The molecule has 0 aliphatic heterocycles. The van der Waals surface area contributed by atoms with E-state index >= 15 is 0 Å². The fourth-order valence-electron chi connectivity index (χ4n) is 4.68. The van der Waals surface area contributed by atoms with Crippen LogP contribution >= 0.6 is 23.2 Å². The lowest BCUT2D eigenvalue weighted by Gasteiger charge is -2.32. The zero-order valence-electron chi connectivity index (χ0n) is 21.9. The van der Waals surface area contributed by atoms with Gasteiger partial charge in [-0.2, -0.15) is 0 Å². The van der Waals surface area contributed by atoms with Crippen molar-refractivity contribution in [2.75, 3.05) is 10.8 Å². The molecule has 2 amide bonds. The average Bonchev–Trinajstić information content (AvgIpc) is 3.45. The van der Waals surface area contributed by atoms with Crippen LogP contribution in [0.1, 0.15) is 38.2 Å². The SMILES string of the molecule is C[C@H](C(=O)NC1CCCC1)N(Cc1ccc(F)cc1)C(=O)CN(c1ccc(Cl)cc1Cl)S(=O)(=O)c1ccccc1. The molecule has 0 aromatic heterocycles. The molecule has 1 aliphatic rings. The Labute approximate surface area is 243 Å². The molecule has 3 aromatic rings. The summed E-state index contributed by atoms with van der Waals surface area (Å²) in [5.41, 5.74) is 0.644. The number of nitrogens with zero attached hydrogens (tertiary/aromatic N) is 2. The highest BCUT2D eigenvalue weighted by atomic mass is 35.5. The van der Waals surface area contributed by atoms with Crippen molar-refractivity contribution in [1.82, 2.24) is 10.2 Å². The van der Waals surface area contributed by atoms with Crippen molar-refractivity contribution in [3.63, 3.8) is 0 Å². The molecule has 1 fully saturated rings. The van der Waals surface area contributed by atoms with Gasteiger partial charge < -0.3 is 10.2 Å². The normalized spacial score (nSPS) is 14.5. The van der Waals surface area contributed by atoms with E-state index in [-0.39, 0.29) is 34.1 Å². The quantitative estimate of drug-likeness (QED) is 0.316. The smallest absolute Gasteiger partial charge is 0.264 e. The van der Waals surface area contributed by atoms with E-state index in [9.17, 15) is 22.4 Å². The van der Waals surface area contributed by atoms with Crippen LogP contribution in [0.5, 0.6) is 0 Å². The third-order valence-corrected chi connectivity index (χ3v) is 9.24. The zero-order chi connectivity index (χ0) is 28.9. The first-order chi connectivity index (χ1) is 19.1. The molecule has 212 valence electrons. The van der Waals surface area contributed by atoms with Crippen LogP contribution in [0.15, 0.2) is 77.7 Å². The molecule has 0 saturated heterocycles. The van der Waals surface area contributed by atoms with Crippen molar-refractivity contribution >= 4 is 50.7 Å². The largest absolute Gasteiger partial charge is 0.352 e. The van der Waals surface area contributed by atoms with Gasteiger partial charge in [-0.3, -0.25) is 13.9 Å². The minimum absolute atomic E-state index is 0.0283. The first kappa shape index (κ1) is 29.8. The van der Waals surface area contributed by atoms with Crippen molar-refractivity contribution in [2.45, 2.75) is 56.1 Å². The van der Waals surface area contributed by atoms with E-state index in [0.29, 0.717) is 10.6 Å². The van der Waals surface area contributed by atoms with E-state index in [4.69, 9.17) is 23.2 Å². The number of hydrogen-bond acceptors (Lipinski definition) is 4. The molecule has 0 spiro atoms. The molecule has 4 rings (SSSR count). The molecule has 1 saturated carbocycles. The highest BCUT2D eigenvalue weighted by Crippen LogP contribution is 2.33. The second kappa shape index (κ2) is 13.0. The number of halogens is 3. The summed E-state index contributed by atoms with van der Waals surface area (Å²) in [6, 6.07) is 16.6. The van der Waals surface area contributed by atoms with Crippen molar-refractivity contribution in [2.24, 2.45) is 0 Å². The monoisotopic (exact) mass is 605 g/mol. The number of carbonyl (C=O) groups excluding carboxylic acids is 2. The fourth-order valence-corrected chi connectivity index (χ4v) is 6.69. The van der Waals surface area contributed by atoms with Crippen LogP contribution < -0.4 is 9.62 Å². The Morgan fingerprint density at radius 1 is 1.00 bits per heavy atom. The maximum atomic E-state index is 13.9. The maximum Gasteiger partial charge on any atom is 0.264 e. The molecule has 0 unspecified atom stereocenters. The number of nitrogens with one attached hydrogen (secondary N) is 1. The molecular weight excluding hydrogens is 576 g/mol. The number of amides is 2. The lowest BCUT2D eigenvalue weighted by molar-refractivity contribution is -0.139. The topological polar surface area (TPSA) is 86.8 Å². The Morgan fingerprint density at radius 3 is 2.27 bits per heavy atom. The second-order valence-electron chi connectivity index (χ2n) is 9.73. The van der Waals surface area contributed by atoms with Gasteiger partial charge in [0.15, 0.2) is 0 Å². The maximum absolute atomic E-state index is 13.9. The Bertz CT molecular complexity index is 1450. The number of hydrogen-bond donors (Lipinski definition) is 1. The van der Waals surface area contributed by atoms with Crippen molar-refractivity contribution < 1.29 is 22.4 Å². The third-order valence-electron chi connectivity index (χ3n) is 6.92. The number of carbonyl (C=O) groups is 2. The van der Waals surface area contributed by atoms with E-state index in [1.165, 1.54) is 59.5 Å². The minimum atomic E-state index is -4.25. The Balaban J connectivity index is 1.70. The summed E-state index contributed by atoms with van der Waals surface area (Å²) in [5, 5.41) is 3.34. The van der Waals surface area contributed by atoms with Gasteiger partial charge in [-0.15, -0.1) is 0 Å². The Morgan fingerprint density at radius 2 is 1.65 bits per heavy atom. The molecule has 11 heteroatoms. The van der Waals surface area contributed by atoms with E-state index in [1.54, 1.807) is 25.1 Å². The summed E-state index contributed by atoms with van der Waals surface area (Å²) in [4.78, 5) is 28.4. The number of sulfonamides is 1. The van der Waals surface area contributed by atoms with Crippen LogP contribution in [-0.4, -0.2) is 43.8 Å². The first-order valence-corrected chi connectivity index (χ1v) is 15.1. The van der Waals surface area contributed by atoms with Gasteiger partial charge in [0, 0.05) is 17.6 Å². The van der Waals surface area contributed by atoms with E-state index in [2.05, 4.69) is 5.32 Å². The van der Waals surface area contributed by atoms with Gasteiger partial charge in [0.05, 0.1) is 15.6 Å². The molecule has 0 heterocycles. The summed E-state index contributed by atoms with van der Waals surface area (Å²) in [6.07, 6.45) is 3.77. The highest BCUT2D eigenvalue weighted by molar-refractivity contribution is 7.92. The van der Waals surface area contributed by atoms with Gasteiger partial charge in [0.25, 0.3) is 10.0 Å². The molecule has 7 nitrogen and oxygen atoms in total. The van der Waals surface area contributed by atoms with Crippen LogP contribution in [0.25, 0.3) is 0 Å². The van der Waals surface area contributed by atoms with Crippen LogP contribution in [-0.2, 0) is 26.2 Å². The molecule has 0 bridgehead atoms. The molecule has 1 atom stereocenters. The number of rotatable bonds is 10. The van der Waals surface area contributed by atoms with Crippen LogP contribution in [0, 0.1) is 5.82 Å². The van der Waals surface area contributed by atoms with Gasteiger partial charge in [-0.05, 0) is 67.8 Å². The van der Waals surface area contributed by atoms with Crippen LogP contribution in [0.3, 0.4) is 0 Å². The van der Waals surface area contributed by atoms with Gasteiger partial charge in [-0.1, -0.05) is 66.4 Å². The predicted molar refractivity (Wildman–Crippen MR) is 154 cm³/mol. The summed E-state index contributed by atoms with van der Waals surface area (Å²) in [5.74, 6) is -1.42. The first-order valence-electron chi connectivity index (χ1n) is 12.9. The lowest BCUT2D eigenvalue weighted by atomic mass is 10.1. The standard InChI is InChI=1S/C29H30Cl2FN3O4S/c1-20(29(37)33-24-7-5-6-8-24)34(18-21-11-14-23(32)15-12-21)28(36)19-35(27-16-13-22(30)17-26(27)31)40(38,39)25-9-3-2-4-10-25/h2-4,9-17,20,24H,5-8,18-19H2,1H3,(H,33,37)/t20-/m1/s1. The fraction of sp³-hybridized carbons (Fsp3) is 0.310. The average molecular weight is 607 g/mol. The molecule has 1 aliphatic carbocycles. The predicted octanol–water partition coefficient (Wildman–Crippen LogP) is 5.80. The van der Waals surface area contributed by atoms with Crippen LogP contribution in [0.2, 0.25) is 10.0 Å². The number of benzene rings is 3.